The molecule has 0 fully saturated rings. The molecule has 0 aliphatic heterocycles. The molecule has 270 valence electrons. The first-order chi connectivity index (χ1) is 23.4. The molecule has 0 saturated carbocycles. The Morgan fingerprint density at radius 1 is 0.426 bits per heavy atom. The molecule has 0 spiro atoms. The van der Waals surface area contributed by atoms with Crippen LogP contribution >= 0.6 is 0 Å². The predicted molar refractivity (Wildman–Crippen MR) is 209 cm³/mol. The van der Waals surface area contributed by atoms with E-state index in [1.54, 1.807) is 0 Å². The maximum absolute atomic E-state index is 3.67. The zero-order valence-corrected chi connectivity index (χ0v) is 31.9. The number of rotatable bonds is 35. The summed E-state index contributed by atoms with van der Waals surface area (Å²) in [4.78, 5) is 3.67. The quantitative estimate of drug-likeness (QED) is 0.0566. The van der Waals surface area contributed by atoms with Crippen molar-refractivity contribution in [3.63, 3.8) is 0 Å². The Morgan fingerprint density at radius 3 is 1.09 bits per heavy atom. The summed E-state index contributed by atoms with van der Waals surface area (Å²) >= 11 is 0. The van der Waals surface area contributed by atoms with E-state index < -0.39 is 0 Å². The first-order valence-electron chi connectivity index (χ1n) is 21.5. The van der Waals surface area contributed by atoms with Crippen molar-refractivity contribution in [3.05, 3.63) is 48.5 Å². The highest BCUT2D eigenvalue weighted by Crippen LogP contribution is 2.27. The second-order valence-electron chi connectivity index (χ2n) is 15.1. The Labute approximate surface area is 294 Å². The lowest BCUT2D eigenvalue weighted by atomic mass is 9.93. The third-order valence-corrected chi connectivity index (χ3v) is 10.7. The number of unbranched alkanes of at least 4 members (excludes halogenated alkanes) is 29. The van der Waals surface area contributed by atoms with Gasteiger partial charge in [-0.2, -0.15) is 4.57 Å². The summed E-state index contributed by atoms with van der Waals surface area (Å²) in [5.41, 5.74) is 1.29. The summed E-state index contributed by atoms with van der Waals surface area (Å²) in [6.45, 7) is 4.62. The highest BCUT2D eigenvalue weighted by atomic mass is 15.1. The zero-order valence-electron chi connectivity index (χ0n) is 31.9. The minimum Gasteiger partial charge on any atom is -0.247 e. The highest BCUT2D eigenvalue weighted by molar-refractivity contribution is 5.22. The molecule has 1 atom stereocenters. The fourth-order valence-electron chi connectivity index (χ4n) is 7.59. The van der Waals surface area contributed by atoms with Gasteiger partial charge in [0, 0.05) is 0 Å². The van der Waals surface area contributed by atoms with Crippen LogP contribution in [-0.2, 0) is 0 Å². The molecule has 0 saturated heterocycles. The molecule has 2 nitrogen and oxygen atoms in total. The Bertz CT molecular complexity index is 886. The Balaban J connectivity index is 1.56. The van der Waals surface area contributed by atoms with Crippen LogP contribution in [0.1, 0.15) is 237 Å². The molecule has 0 radical (unpaired) electrons. The maximum atomic E-state index is 3.67. The fourth-order valence-corrected chi connectivity index (χ4v) is 7.59. The van der Waals surface area contributed by atoms with Gasteiger partial charge in [0.25, 0.3) is 5.82 Å². The lowest BCUT2D eigenvalue weighted by molar-refractivity contribution is -0.604. The van der Waals surface area contributed by atoms with Crippen molar-refractivity contribution in [3.8, 4) is 5.69 Å². The van der Waals surface area contributed by atoms with E-state index in [9.17, 15) is 0 Å². The number of aromatic nitrogens is 2. The molecular formula is C45H81N2+. The standard InChI is InChI=1S/C45H80N2/c1-3-5-7-9-11-13-15-17-19-21-23-25-27-29-31-34-38-43(45-46-41-42-47(45)44-39-35-32-36-40-44)37-33-30-28-26-24-22-20-18-16-14-12-10-8-6-4-2/h32,35-36,39-43H,3-31,33-34,37-38H2,1-2H3/p+1. The van der Waals surface area contributed by atoms with Gasteiger partial charge >= 0.3 is 0 Å². The lowest BCUT2D eigenvalue weighted by Crippen LogP contribution is -2.34. The molecule has 1 unspecified atom stereocenters. The van der Waals surface area contributed by atoms with Crippen molar-refractivity contribution in [1.82, 2.24) is 4.98 Å². The summed E-state index contributed by atoms with van der Waals surface area (Å²) in [6, 6.07) is 10.9. The van der Waals surface area contributed by atoms with Gasteiger partial charge in [0.1, 0.15) is 18.1 Å². The van der Waals surface area contributed by atoms with E-state index in [2.05, 4.69) is 66.1 Å². The second-order valence-corrected chi connectivity index (χ2v) is 15.1. The van der Waals surface area contributed by atoms with Gasteiger partial charge in [0.15, 0.2) is 0 Å². The Hall–Kier alpha value is -1.57. The average molecular weight is 650 g/mol. The van der Waals surface area contributed by atoms with Crippen molar-refractivity contribution in [2.24, 2.45) is 0 Å². The van der Waals surface area contributed by atoms with E-state index in [-0.39, 0.29) is 0 Å². The van der Waals surface area contributed by atoms with Crippen LogP contribution in [0.3, 0.4) is 0 Å². The number of hydrogen-bond acceptors (Lipinski definition) is 0. The first kappa shape index (κ1) is 41.6. The van der Waals surface area contributed by atoms with Crippen LogP contribution in [-0.4, -0.2) is 4.98 Å². The molecule has 47 heavy (non-hydrogen) atoms. The van der Waals surface area contributed by atoms with E-state index in [1.165, 1.54) is 223 Å². The number of imidazole rings is 1. The van der Waals surface area contributed by atoms with Crippen LogP contribution in [0.15, 0.2) is 42.7 Å². The third-order valence-electron chi connectivity index (χ3n) is 10.7. The molecule has 1 heterocycles. The van der Waals surface area contributed by atoms with Crippen LogP contribution in [0, 0.1) is 0 Å². The van der Waals surface area contributed by atoms with Crippen molar-refractivity contribution in [2.75, 3.05) is 0 Å². The molecular weight excluding hydrogens is 569 g/mol. The van der Waals surface area contributed by atoms with Gasteiger partial charge in [-0.3, -0.25) is 0 Å². The molecule has 0 amide bonds. The normalized spacial score (nSPS) is 12.2. The number of aromatic amines is 1. The van der Waals surface area contributed by atoms with Gasteiger partial charge in [-0.15, -0.1) is 0 Å². The second kappa shape index (κ2) is 31.7. The summed E-state index contributed by atoms with van der Waals surface area (Å²) < 4.78 is 2.42. The molecule has 0 aliphatic carbocycles. The van der Waals surface area contributed by atoms with Gasteiger partial charge in [0.2, 0.25) is 0 Å². The van der Waals surface area contributed by atoms with Gasteiger partial charge < -0.3 is 0 Å². The largest absolute Gasteiger partial charge is 0.262 e. The minimum atomic E-state index is 0.638. The van der Waals surface area contributed by atoms with Crippen molar-refractivity contribution in [1.29, 1.82) is 0 Å². The van der Waals surface area contributed by atoms with Crippen LogP contribution in [0.25, 0.3) is 5.69 Å². The minimum absolute atomic E-state index is 0.638. The summed E-state index contributed by atoms with van der Waals surface area (Å²) in [5.74, 6) is 2.06. The average Bonchev–Trinajstić information content (AvgIpc) is 3.59. The van der Waals surface area contributed by atoms with E-state index >= 15 is 0 Å². The zero-order chi connectivity index (χ0) is 33.3. The summed E-state index contributed by atoms with van der Waals surface area (Å²) in [7, 11) is 0. The van der Waals surface area contributed by atoms with Crippen molar-refractivity contribution in [2.45, 2.75) is 232 Å². The fraction of sp³-hybridized carbons (Fsp3) is 0.800. The molecule has 0 aliphatic rings. The van der Waals surface area contributed by atoms with Gasteiger partial charge in [-0.25, -0.2) is 4.98 Å². The summed E-state index contributed by atoms with van der Waals surface area (Å²) in [5, 5.41) is 0. The van der Waals surface area contributed by atoms with Crippen LogP contribution in [0.2, 0.25) is 0 Å². The smallest absolute Gasteiger partial charge is 0.247 e. The Morgan fingerprint density at radius 2 is 0.745 bits per heavy atom. The first-order valence-corrected chi connectivity index (χ1v) is 21.5. The number of hydrogen-bond donors (Lipinski definition) is 1. The highest BCUT2D eigenvalue weighted by Gasteiger charge is 2.23. The molecule has 1 N–H and O–H groups in total. The number of para-hydroxylation sites is 1. The van der Waals surface area contributed by atoms with Gasteiger partial charge in [-0.1, -0.05) is 231 Å². The van der Waals surface area contributed by atoms with E-state index in [4.69, 9.17) is 0 Å². The Kier molecular flexibility index (Phi) is 28.0. The molecule has 2 heteroatoms. The van der Waals surface area contributed by atoms with Crippen LogP contribution in [0.4, 0.5) is 0 Å². The monoisotopic (exact) mass is 650 g/mol. The van der Waals surface area contributed by atoms with Crippen molar-refractivity contribution >= 4 is 0 Å². The molecule has 1 aromatic carbocycles. The third kappa shape index (κ3) is 22.6. The number of H-pyrrole nitrogens is 1. The predicted octanol–water partition coefficient (Wildman–Crippen LogP) is 15.3. The number of nitrogens with one attached hydrogen (secondary N) is 1. The van der Waals surface area contributed by atoms with E-state index in [0.29, 0.717) is 5.92 Å². The molecule has 0 bridgehead atoms. The van der Waals surface area contributed by atoms with Gasteiger partial charge in [0.05, 0.1) is 5.92 Å². The van der Waals surface area contributed by atoms with Crippen molar-refractivity contribution < 1.29 is 4.57 Å². The van der Waals surface area contributed by atoms with E-state index in [0.717, 1.165) is 0 Å². The maximum Gasteiger partial charge on any atom is 0.262 e. The van der Waals surface area contributed by atoms with Gasteiger partial charge in [-0.05, 0) is 25.0 Å². The van der Waals surface area contributed by atoms with Crippen LogP contribution < -0.4 is 4.57 Å². The van der Waals surface area contributed by atoms with Crippen LogP contribution in [0.5, 0.6) is 0 Å². The molecule has 2 aromatic rings. The topological polar surface area (TPSA) is 19.7 Å². The number of benzene rings is 1. The molecule has 2 rings (SSSR count). The SMILES string of the molecule is CCCCCCCCCCCCCCCCCCC(CCCCCCCCCCCCCCCCC)c1[nH]cc[n+]1-c1ccccc1. The summed E-state index contributed by atoms with van der Waals surface area (Å²) in [6.07, 6.45) is 51.7. The number of nitrogens with zero attached hydrogens (tertiary/aromatic N) is 1. The lowest BCUT2D eigenvalue weighted by Gasteiger charge is -2.14. The molecule has 1 aromatic heterocycles. The van der Waals surface area contributed by atoms with E-state index in [1.807, 2.05) is 0 Å².